The molecule has 0 spiro atoms. The first-order valence-corrected chi connectivity index (χ1v) is 6.16. The van der Waals surface area contributed by atoms with Crippen LogP contribution >= 0.6 is 15.9 Å². The number of aryl methyl sites for hydroxylation is 3. The molecule has 0 unspecified atom stereocenters. The number of aromatic nitrogens is 2. The summed E-state index contributed by atoms with van der Waals surface area (Å²) in [6.07, 6.45) is 1.79. The molecule has 1 heterocycles. The fraction of sp³-hybridized carbons (Fsp3) is 0.308. The van der Waals surface area contributed by atoms with Crippen molar-refractivity contribution in [2.45, 2.75) is 13.8 Å². The van der Waals surface area contributed by atoms with Crippen LogP contribution in [0.3, 0.4) is 0 Å². The Morgan fingerprint density at radius 2 is 1.88 bits per heavy atom. The van der Waals surface area contributed by atoms with Gasteiger partial charge in [-0.25, -0.2) is 4.98 Å². The second-order valence-corrected chi connectivity index (χ2v) is 4.88. The van der Waals surface area contributed by atoms with Crippen LogP contribution in [0.2, 0.25) is 0 Å². The zero-order valence-corrected chi connectivity index (χ0v) is 12.0. The molecular weight excluding hydrogens is 280 g/mol. The van der Waals surface area contributed by atoms with Crippen LogP contribution in [-0.2, 0) is 7.05 Å². The van der Waals surface area contributed by atoms with Crippen molar-refractivity contribution in [1.82, 2.24) is 9.55 Å². The molecule has 3 nitrogen and oxygen atoms in total. The van der Waals surface area contributed by atoms with Crippen LogP contribution < -0.4 is 4.74 Å². The number of halogens is 1. The number of benzene rings is 1. The fourth-order valence-electron chi connectivity index (χ4n) is 1.74. The maximum atomic E-state index is 5.43. The lowest BCUT2D eigenvalue weighted by atomic mass is 10.0. The molecule has 0 aliphatic carbocycles. The van der Waals surface area contributed by atoms with Gasteiger partial charge in [0.1, 0.15) is 16.0 Å². The molecule has 90 valence electrons. The Morgan fingerprint density at radius 1 is 1.24 bits per heavy atom. The van der Waals surface area contributed by atoms with Gasteiger partial charge in [-0.1, -0.05) is 0 Å². The van der Waals surface area contributed by atoms with E-state index in [4.69, 9.17) is 4.74 Å². The first-order valence-electron chi connectivity index (χ1n) is 5.37. The molecule has 17 heavy (non-hydrogen) atoms. The summed E-state index contributed by atoms with van der Waals surface area (Å²) in [7, 11) is 3.64. The van der Waals surface area contributed by atoms with Crippen molar-refractivity contribution >= 4 is 15.9 Å². The van der Waals surface area contributed by atoms with Crippen molar-refractivity contribution in [1.29, 1.82) is 0 Å². The van der Waals surface area contributed by atoms with E-state index in [1.807, 2.05) is 17.7 Å². The van der Waals surface area contributed by atoms with Crippen LogP contribution in [0, 0.1) is 13.8 Å². The minimum absolute atomic E-state index is 0.854. The minimum atomic E-state index is 0.854. The Kier molecular flexibility index (Phi) is 3.24. The summed E-state index contributed by atoms with van der Waals surface area (Å²) in [5, 5.41) is 0. The number of imidazole rings is 1. The molecule has 0 fully saturated rings. The summed E-state index contributed by atoms with van der Waals surface area (Å²) < 4.78 is 8.32. The maximum absolute atomic E-state index is 5.43. The topological polar surface area (TPSA) is 27.1 Å². The highest BCUT2D eigenvalue weighted by atomic mass is 79.9. The van der Waals surface area contributed by atoms with E-state index in [2.05, 4.69) is 40.8 Å². The highest BCUT2D eigenvalue weighted by Crippen LogP contribution is 2.35. The smallest absolute Gasteiger partial charge is 0.128 e. The molecule has 0 N–H and O–H groups in total. The van der Waals surface area contributed by atoms with E-state index in [-0.39, 0.29) is 0 Å². The average Bonchev–Trinajstić information content (AvgIpc) is 2.63. The van der Waals surface area contributed by atoms with Gasteiger partial charge in [-0.15, -0.1) is 0 Å². The van der Waals surface area contributed by atoms with Crippen molar-refractivity contribution in [2.75, 3.05) is 7.11 Å². The van der Waals surface area contributed by atoms with Crippen LogP contribution in [-0.4, -0.2) is 16.7 Å². The monoisotopic (exact) mass is 294 g/mol. The first kappa shape index (κ1) is 12.2. The molecule has 0 radical (unpaired) electrons. The normalized spacial score (nSPS) is 10.6. The Labute approximate surface area is 110 Å². The zero-order valence-electron chi connectivity index (χ0n) is 10.4. The van der Waals surface area contributed by atoms with E-state index in [1.54, 1.807) is 13.4 Å². The van der Waals surface area contributed by atoms with Crippen molar-refractivity contribution in [3.8, 4) is 17.0 Å². The molecule has 0 saturated carbocycles. The number of methoxy groups -OCH3 is 1. The Balaban J connectivity index is 2.66. The lowest BCUT2D eigenvalue weighted by molar-refractivity contribution is 0.416. The lowest BCUT2D eigenvalue weighted by Gasteiger charge is -2.10. The molecule has 0 saturated heterocycles. The highest BCUT2D eigenvalue weighted by molar-refractivity contribution is 9.10. The van der Waals surface area contributed by atoms with E-state index >= 15 is 0 Å². The third-order valence-electron chi connectivity index (χ3n) is 2.94. The van der Waals surface area contributed by atoms with Gasteiger partial charge in [-0.05, 0) is 53.0 Å². The summed E-state index contributed by atoms with van der Waals surface area (Å²) in [5.41, 5.74) is 4.38. The van der Waals surface area contributed by atoms with Gasteiger partial charge < -0.3 is 9.30 Å². The largest absolute Gasteiger partial charge is 0.496 e. The van der Waals surface area contributed by atoms with E-state index < -0.39 is 0 Å². The first-order chi connectivity index (χ1) is 8.04. The number of ether oxygens (including phenoxy) is 1. The van der Waals surface area contributed by atoms with Gasteiger partial charge >= 0.3 is 0 Å². The van der Waals surface area contributed by atoms with Gasteiger partial charge in [-0.2, -0.15) is 0 Å². The Bertz CT molecular complexity index is 561. The second kappa shape index (κ2) is 4.53. The van der Waals surface area contributed by atoms with Gasteiger partial charge in [0.15, 0.2) is 0 Å². The van der Waals surface area contributed by atoms with E-state index in [9.17, 15) is 0 Å². The van der Waals surface area contributed by atoms with Crippen molar-refractivity contribution in [2.24, 2.45) is 7.05 Å². The summed E-state index contributed by atoms with van der Waals surface area (Å²) in [6, 6.07) is 4.16. The lowest BCUT2D eigenvalue weighted by Crippen LogP contribution is -1.93. The summed E-state index contributed by atoms with van der Waals surface area (Å²) in [6.45, 7) is 4.17. The third kappa shape index (κ3) is 2.09. The molecule has 0 aliphatic rings. The van der Waals surface area contributed by atoms with Gasteiger partial charge in [0.2, 0.25) is 0 Å². The number of rotatable bonds is 2. The third-order valence-corrected chi connectivity index (χ3v) is 3.87. The van der Waals surface area contributed by atoms with Crippen LogP contribution in [0.25, 0.3) is 11.3 Å². The quantitative estimate of drug-likeness (QED) is 0.848. The molecule has 1 aromatic heterocycles. The Hall–Kier alpha value is -1.29. The average molecular weight is 295 g/mol. The molecule has 0 bridgehead atoms. The SMILES string of the molecule is COc1cc(C)c(C)cc1-c1ncn(C)c1Br. The van der Waals surface area contributed by atoms with Crippen molar-refractivity contribution < 1.29 is 4.74 Å². The molecule has 4 heteroatoms. The van der Waals surface area contributed by atoms with Crippen molar-refractivity contribution in [3.05, 3.63) is 34.2 Å². The second-order valence-electron chi connectivity index (χ2n) is 4.13. The zero-order chi connectivity index (χ0) is 12.6. The van der Waals surface area contributed by atoms with Gasteiger partial charge in [0.05, 0.1) is 13.4 Å². The van der Waals surface area contributed by atoms with Gasteiger partial charge in [0.25, 0.3) is 0 Å². The summed E-state index contributed by atoms with van der Waals surface area (Å²) >= 11 is 3.54. The molecule has 0 aliphatic heterocycles. The predicted molar refractivity (Wildman–Crippen MR) is 72.4 cm³/mol. The van der Waals surface area contributed by atoms with Crippen LogP contribution in [0.15, 0.2) is 23.1 Å². The number of hydrogen-bond acceptors (Lipinski definition) is 2. The summed E-state index contributed by atoms with van der Waals surface area (Å²) in [5.74, 6) is 0.854. The summed E-state index contributed by atoms with van der Waals surface area (Å²) in [4.78, 5) is 4.40. The molecule has 2 aromatic rings. The number of hydrogen-bond donors (Lipinski definition) is 0. The van der Waals surface area contributed by atoms with Crippen molar-refractivity contribution in [3.63, 3.8) is 0 Å². The Morgan fingerprint density at radius 3 is 2.41 bits per heavy atom. The van der Waals surface area contributed by atoms with Crippen LogP contribution in [0.4, 0.5) is 0 Å². The van der Waals surface area contributed by atoms with Crippen LogP contribution in [0.1, 0.15) is 11.1 Å². The highest BCUT2D eigenvalue weighted by Gasteiger charge is 2.14. The maximum Gasteiger partial charge on any atom is 0.128 e. The molecular formula is C13H15BrN2O. The van der Waals surface area contributed by atoms with E-state index in [1.165, 1.54) is 11.1 Å². The van der Waals surface area contributed by atoms with E-state index in [0.717, 1.165) is 21.6 Å². The minimum Gasteiger partial charge on any atom is -0.496 e. The van der Waals surface area contributed by atoms with Gasteiger partial charge in [-0.3, -0.25) is 0 Å². The number of nitrogens with zero attached hydrogens (tertiary/aromatic N) is 2. The van der Waals surface area contributed by atoms with E-state index in [0.29, 0.717) is 0 Å². The molecule has 0 amide bonds. The molecule has 0 atom stereocenters. The molecule has 1 aromatic carbocycles. The standard InChI is InChI=1S/C13H15BrN2O/c1-8-5-10(11(17-4)6-9(8)2)12-13(14)16(3)7-15-12/h5-7H,1-4H3. The fourth-order valence-corrected chi connectivity index (χ4v) is 2.15. The molecule has 2 rings (SSSR count). The van der Waals surface area contributed by atoms with Crippen LogP contribution in [0.5, 0.6) is 5.75 Å². The predicted octanol–water partition coefficient (Wildman–Crippen LogP) is 3.48. The van der Waals surface area contributed by atoms with Gasteiger partial charge in [0, 0.05) is 12.6 Å².